The zero-order valence-electron chi connectivity index (χ0n) is 13.0. The maximum atomic E-state index is 12.4. The van der Waals surface area contributed by atoms with Crippen molar-refractivity contribution in [3.63, 3.8) is 0 Å². The fraction of sp³-hybridized carbons (Fsp3) is 0.556. The first kappa shape index (κ1) is 15.7. The zero-order chi connectivity index (χ0) is 15.5. The third-order valence-corrected chi connectivity index (χ3v) is 5.58. The van der Waals surface area contributed by atoms with E-state index in [1.54, 1.807) is 0 Å². The van der Waals surface area contributed by atoms with Gasteiger partial charge in [-0.3, -0.25) is 4.79 Å². The maximum Gasteiger partial charge on any atom is 0.243 e. The summed E-state index contributed by atoms with van der Waals surface area (Å²) in [6.07, 6.45) is 7.67. The normalized spacial score (nSPS) is 28.3. The second kappa shape index (κ2) is 6.95. The van der Waals surface area contributed by atoms with Crippen LogP contribution >= 0.6 is 15.9 Å². The highest BCUT2D eigenvalue weighted by atomic mass is 79.9. The number of hydrogen-bond donors (Lipinski definition) is 1. The highest BCUT2D eigenvalue weighted by Crippen LogP contribution is 2.53. The van der Waals surface area contributed by atoms with Crippen molar-refractivity contribution >= 4 is 27.5 Å². The summed E-state index contributed by atoms with van der Waals surface area (Å²) in [4.78, 5) is 12.4. The molecule has 1 unspecified atom stereocenters. The Hall–Kier alpha value is -1.16. The molecule has 0 heterocycles. The van der Waals surface area contributed by atoms with Crippen molar-refractivity contribution in [2.75, 3.05) is 0 Å². The van der Waals surface area contributed by atoms with Gasteiger partial charge in [-0.1, -0.05) is 53.7 Å². The molecule has 4 heteroatoms. The van der Waals surface area contributed by atoms with Crippen molar-refractivity contribution in [2.45, 2.75) is 45.4 Å². The lowest BCUT2D eigenvalue weighted by molar-refractivity contribution is -0.122. The quantitative estimate of drug-likeness (QED) is 0.623. The highest BCUT2D eigenvalue weighted by Gasteiger charge is 2.53. The van der Waals surface area contributed by atoms with Gasteiger partial charge in [0.2, 0.25) is 5.91 Å². The van der Waals surface area contributed by atoms with Crippen LogP contribution < -0.4 is 5.43 Å². The van der Waals surface area contributed by atoms with E-state index < -0.39 is 0 Å². The summed E-state index contributed by atoms with van der Waals surface area (Å²) in [6, 6.07) is 7.97. The summed E-state index contributed by atoms with van der Waals surface area (Å²) >= 11 is 3.42. The number of rotatable bonds is 3. The van der Waals surface area contributed by atoms with Gasteiger partial charge in [-0.15, -0.1) is 0 Å². The van der Waals surface area contributed by atoms with Gasteiger partial charge in [0, 0.05) is 10.4 Å². The molecule has 3 atom stereocenters. The number of amides is 1. The molecule has 2 fully saturated rings. The summed E-state index contributed by atoms with van der Waals surface area (Å²) in [5.74, 6) is 1.56. The van der Waals surface area contributed by atoms with E-state index in [0.29, 0.717) is 11.8 Å². The average Bonchev–Trinajstić information content (AvgIpc) is 3.16. The molecule has 1 amide bonds. The standard InChI is InChI=1S/C18H23BrN2O/c1-12(13-8-10-14(19)11-9-13)20-21-18(22)17-15-6-4-2-3-5-7-16(15)17/h8-11,15-17H,2-7H2,1H3,(H,21,22)/b20-12+/t15-,16+,17?. The first-order chi connectivity index (χ1) is 10.7. The number of carbonyl (C=O) groups excluding carboxylic acids is 1. The molecule has 0 bridgehead atoms. The van der Waals surface area contributed by atoms with Crippen molar-refractivity contribution < 1.29 is 4.79 Å². The lowest BCUT2D eigenvalue weighted by Gasteiger charge is -2.04. The number of hydrazone groups is 1. The third-order valence-electron chi connectivity index (χ3n) is 5.06. The molecule has 3 rings (SSSR count). The van der Waals surface area contributed by atoms with Crippen LogP contribution in [0.25, 0.3) is 0 Å². The number of fused-ring (bicyclic) bond motifs is 1. The Bertz CT molecular complexity index is 553. The lowest BCUT2D eigenvalue weighted by atomic mass is 10.0. The fourth-order valence-corrected chi connectivity index (χ4v) is 3.97. The Morgan fingerprint density at radius 1 is 1.09 bits per heavy atom. The fourth-order valence-electron chi connectivity index (χ4n) is 3.70. The molecule has 1 aromatic rings. The van der Waals surface area contributed by atoms with Crippen molar-refractivity contribution in [3.8, 4) is 0 Å². The molecule has 0 spiro atoms. The number of hydrogen-bond acceptors (Lipinski definition) is 2. The SMILES string of the molecule is C/C(=N\NC(=O)C1[C@H]2CCCCCC[C@@H]12)c1ccc(Br)cc1. The molecule has 2 aliphatic carbocycles. The van der Waals surface area contributed by atoms with Crippen LogP contribution in [0.15, 0.2) is 33.8 Å². The van der Waals surface area contributed by atoms with E-state index in [4.69, 9.17) is 0 Å². The van der Waals surface area contributed by atoms with Crippen molar-refractivity contribution in [3.05, 3.63) is 34.3 Å². The van der Waals surface area contributed by atoms with E-state index in [1.807, 2.05) is 31.2 Å². The van der Waals surface area contributed by atoms with E-state index in [2.05, 4.69) is 26.5 Å². The van der Waals surface area contributed by atoms with Crippen LogP contribution in [0.2, 0.25) is 0 Å². The summed E-state index contributed by atoms with van der Waals surface area (Å²) < 4.78 is 1.04. The summed E-state index contributed by atoms with van der Waals surface area (Å²) in [6.45, 7) is 1.93. The maximum absolute atomic E-state index is 12.4. The minimum absolute atomic E-state index is 0.119. The van der Waals surface area contributed by atoms with Crippen LogP contribution in [0.1, 0.15) is 51.0 Å². The largest absolute Gasteiger partial charge is 0.273 e. The van der Waals surface area contributed by atoms with Crippen molar-refractivity contribution in [2.24, 2.45) is 22.9 Å². The number of benzene rings is 1. The Balaban J connectivity index is 1.58. The van der Waals surface area contributed by atoms with Crippen LogP contribution in [0.5, 0.6) is 0 Å². The Labute approximate surface area is 140 Å². The Kier molecular flexibility index (Phi) is 4.97. The topological polar surface area (TPSA) is 41.5 Å². The van der Waals surface area contributed by atoms with Gasteiger partial charge in [0.05, 0.1) is 5.71 Å². The van der Waals surface area contributed by atoms with Gasteiger partial charge in [-0.25, -0.2) is 5.43 Å². The van der Waals surface area contributed by atoms with Crippen LogP contribution in [0.3, 0.4) is 0 Å². The Morgan fingerprint density at radius 3 is 2.27 bits per heavy atom. The van der Waals surface area contributed by atoms with Gasteiger partial charge in [0.15, 0.2) is 0 Å². The lowest BCUT2D eigenvalue weighted by Crippen LogP contribution is -2.22. The molecule has 22 heavy (non-hydrogen) atoms. The highest BCUT2D eigenvalue weighted by molar-refractivity contribution is 9.10. The molecule has 0 aliphatic heterocycles. The molecule has 1 aromatic carbocycles. The second-order valence-corrected chi connectivity index (χ2v) is 7.44. The van der Waals surface area contributed by atoms with E-state index in [1.165, 1.54) is 38.5 Å². The number of nitrogens with zero attached hydrogens (tertiary/aromatic N) is 1. The first-order valence-electron chi connectivity index (χ1n) is 8.27. The van der Waals surface area contributed by atoms with Crippen molar-refractivity contribution in [1.82, 2.24) is 5.43 Å². The van der Waals surface area contributed by atoms with Gasteiger partial charge in [0.25, 0.3) is 0 Å². The molecule has 2 saturated carbocycles. The average molecular weight is 363 g/mol. The van der Waals surface area contributed by atoms with Crippen LogP contribution in [-0.4, -0.2) is 11.6 Å². The van der Waals surface area contributed by atoms with Gasteiger partial charge in [0.1, 0.15) is 0 Å². The predicted octanol–water partition coefficient (Wildman–Crippen LogP) is 4.51. The minimum atomic E-state index is 0.119. The zero-order valence-corrected chi connectivity index (χ0v) is 14.6. The number of nitrogens with one attached hydrogen (secondary N) is 1. The van der Waals surface area contributed by atoms with Crippen molar-refractivity contribution in [1.29, 1.82) is 0 Å². The smallest absolute Gasteiger partial charge is 0.243 e. The molecular weight excluding hydrogens is 340 g/mol. The molecule has 1 N–H and O–H groups in total. The summed E-state index contributed by atoms with van der Waals surface area (Å²) in [5, 5.41) is 4.29. The first-order valence-corrected chi connectivity index (χ1v) is 9.06. The number of carbonyl (C=O) groups is 1. The van der Waals surface area contributed by atoms with E-state index in [0.717, 1.165) is 15.7 Å². The molecule has 2 aliphatic rings. The van der Waals surface area contributed by atoms with Crippen LogP contribution in [0, 0.1) is 17.8 Å². The van der Waals surface area contributed by atoms with Crippen LogP contribution in [0.4, 0.5) is 0 Å². The second-order valence-electron chi connectivity index (χ2n) is 6.53. The van der Waals surface area contributed by atoms with Gasteiger partial charge in [-0.2, -0.15) is 5.10 Å². The van der Waals surface area contributed by atoms with Gasteiger partial charge < -0.3 is 0 Å². The minimum Gasteiger partial charge on any atom is -0.273 e. The molecule has 0 saturated heterocycles. The third kappa shape index (κ3) is 3.60. The van der Waals surface area contributed by atoms with Gasteiger partial charge in [-0.05, 0) is 49.3 Å². The molecule has 0 aromatic heterocycles. The molecular formula is C18H23BrN2O. The predicted molar refractivity (Wildman–Crippen MR) is 92.7 cm³/mol. The van der Waals surface area contributed by atoms with Crippen LogP contribution in [-0.2, 0) is 4.79 Å². The van der Waals surface area contributed by atoms with E-state index >= 15 is 0 Å². The van der Waals surface area contributed by atoms with Gasteiger partial charge >= 0.3 is 0 Å². The molecule has 3 nitrogen and oxygen atoms in total. The summed E-state index contributed by atoms with van der Waals surface area (Å²) in [7, 11) is 0. The Morgan fingerprint density at radius 2 is 1.68 bits per heavy atom. The monoisotopic (exact) mass is 362 g/mol. The number of halogens is 1. The molecule has 0 radical (unpaired) electrons. The van der Waals surface area contributed by atoms with E-state index in [9.17, 15) is 4.79 Å². The summed E-state index contributed by atoms with van der Waals surface area (Å²) in [5.41, 5.74) is 4.67. The van der Waals surface area contributed by atoms with E-state index in [-0.39, 0.29) is 11.8 Å². The molecule has 118 valence electrons.